The fraction of sp³-hybridized carbons (Fsp3) is 0.353. The van der Waals surface area contributed by atoms with Crippen LogP contribution in [0.4, 0.5) is 0 Å². The normalized spacial score (nSPS) is 11.3. The van der Waals surface area contributed by atoms with Crippen molar-refractivity contribution in [2.24, 2.45) is 0 Å². The van der Waals surface area contributed by atoms with Crippen LogP contribution < -0.4 is 14.2 Å². The molecule has 212 valence electrons. The SMILES string of the molecule is C=CCCCCCCCCOc1ccc(-c2ccc(C(=O)Oc3ccc(O[C@H](C)C(=O)OCC)cc3)cc2)cc1. The molecule has 0 saturated heterocycles. The van der Waals surface area contributed by atoms with Gasteiger partial charge in [0, 0.05) is 0 Å². The first-order valence-electron chi connectivity index (χ1n) is 14.1. The zero-order valence-corrected chi connectivity index (χ0v) is 23.6. The lowest BCUT2D eigenvalue weighted by Gasteiger charge is -2.13. The van der Waals surface area contributed by atoms with Gasteiger partial charge in [-0.15, -0.1) is 6.58 Å². The summed E-state index contributed by atoms with van der Waals surface area (Å²) in [5, 5.41) is 0. The number of carbonyl (C=O) groups is 2. The number of hydrogen-bond donors (Lipinski definition) is 0. The predicted octanol–water partition coefficient (Wildman–Crippen LogP) is 8.20. The lowest BCUT2D eigenvalue weighted by molar-refractivity contribution is -0.150. The van der Waals surface area contributed by atoms with Crippen LogP contribution >= 0.6 is 0 Å². The highest BCUT2D eigenvalue weighted by molar-refractivity contribution is 5.91. The number of rotatable bonds is 17. The zero-order chi connectivity index (χ0) is 28.6. The summed E-state index contributed by atoms with van der Waals surface area (Å²) in [4.78, 5) is 24.3. The summed E-state index contributed by atoms with van der Waals surface area (Å²) in [7, 11) is 0. The van der Waals surface area contributed by atoms with Crippen LogP contribution in [-0.2, 0) is 9.53 Å². The van der Waals surface area contributed by atoms with Gasteiger partial charge in [0.25, 0.3) is 0 Å². The second kappa shape index (κ2) is 16.8. The minimum Gasteiger partial charge on any atom is -0.494 e. The van der Waals surface area contributed by atoms with Crippen LogP contribution in [0.2, 0.25) is 0 Å². The molecule has 0 amide bonds. The van der Waals surface area contributed by atoms with Crippen LogP contribution in [0.3, 0.4) is 0 Å². The molecule has 3 aromatic rings. The van der Waals surface area contributed by atoms with Crippen LogP contribution in [-0.4, -0.2) is 31.3 Å². The van der Waals surface area contributed by atoms with Gasteiger partial charge in [-0.25, -0.2) is 9.59 Å². The molecule has 0 aliphatic heterocycles. The van der Waals surface area contributed by atoms with E-state index in [1.807, 2.05) is 42.5 Å². The van der Waals surface area contributed by atoms with Gasteiger partial charge in [-0.2, -0.15) is 0 Å². The third kappa shape index (κ3) is 10.3. The van der Waals surface area contributed by atoms with Crippen molar-refractivity contribution in [3.05, 3.63) is 91.0 Å². The van der Waals surface area contributed by atoms with Crippen molar-refractivity contribution >= 4 is 11.9 Å². The van der Waals surface area contributed by atoms with Gasteiger partial charge in [0.1, 0.15) is 17.2 Å². The van der Waals surface area contributed by atoms with Gasteiger partial charge >= 0.3 is 11.9 Å². The molecule has 3 aromatic carbocycles. The summed E-state index contributed by atoms with van der Waals surface area (Å²) >= 11 is 0. The van der Waals surface area contributed by atoms with Crippen LogP contribution in [0.15, 0.2) is 85.5 Å². The Bertz CT molecular complexity index is 1180. The molecule has 1 atom stereocenters. The average molecular weight is 545 g/mol. The molecule has 0 aliphatic carbocycles. The summed E-state index contributed by atoms with van der Waals surface area (Å²) in [6, 6.07) is 21.8. The maximum absolute atomic E-state index is 12.6. The highest BCUT2D eigenvalue weighted by Crippen LogP contribution is 2.24. The van der Waals surface area contributed by atoms with E-state index in [1.54, 1.807) is 50.2 Å². The van der Waals surface area contributed by atoms with E-state index in [4.69, 9.17) is 18.9 Å². The number of hydrogen-bond acceptors (Lipinski definition) is 6. The third-order valence-electron chi connectivity index (χ3n) is 6.35. The molecule has 0 bridgehead atoms. The minimum absolute atomic E-state index is 0.293. The Morgan fingerprint density at radius 1 is 0.750 bits per heavy atom. The predicted molar refractivity (Wildman–Crippen MR) is 158 cm³/mol. The first-order valence-corrected chi connectivity index (χ1v) is 14.1. The van der Waals surface area contributed by atoms with Crippen molar-refractivity contribution < 1.29 is 28.5 Å². The van der Waals surface area contributed by atoms with Crippen LogP contribution in [0.25, 0.3) is 11.1 Å². The van der Waals surface area contributed by atoms with Gasteiger partial charge in [0.2, 0.25) is 0 Å². The standard InChI is InChI=1S/C34H40O6/c1-4-6-7-8-9-10-11-12-25-38-30-19-17-28(18-20-30)27-13-15-29(16-14-27)34(36)40-32-23-21-31(22-24-32)39-26(3)33(35)37-5-2/h4,13-24,26H,1,5-12,25H2,2-3H3/t26-/m1/s1. The van der Waals surface area contributed by atoms with E-state index in [-0.39, 0.29) is 0 Å². The number of esters is 2. The summed E-state index contributed by atoms with van der Waals surface area (Å²) in [5.74, 6) is 0.830. The highest BCUT2D eigenvalue weighted by Gasteiger charge is 2.16. The van der Waals surface area contributed by atoms with Gasteiger partial charge < -0.3 is 18.9 Å². The molecule has 0 spiro atoms. The fourth-order valence-electron chi connectivity index (χ4n) is 4.09. The van der Waals surface area contributed by atoms with Crippen LogP contribution in [0, 0.1) is 0 Å². The van der Waals surface area contributed by atoms with Crippen molar-refractivity contribution in [3.8, 4) is 28.4 Å². The third-order valence-corrected chi connectivity index (χ3v) is 6.35. The molecule has 6 nitrogen and oxygen atoms in total. The molecule has 0 fully saturated rings. The smallest absolute Gasteiger partial charge is 0.347 e. The van der Waals surface area contributed by atoms with Gasteiger partial charge in [-0.05, 0) is 92.8 Å². The summed E-state index contributed by atoms with van der Waals surface area (Å²) in [5.41, 5.74) is 2.48. The molecule has 0 radical (unpaired) electrons. The van der Waals surface area contributed by atoms with E-state index >= 15 is 0 Å². The molecule has 6 heteroatoms. The van der Waals surface area contributed by atoms with Gasteiger partial charge in [-0.1, -0.05) is 56.0 Å². The molecule has 40 heavy (non-hydrogen) atoms. The van der Waals surface area contributed by atoms with Crippen molar-refractivity contribution in [3.63, 3.8) is 0 Å². The number of unbranched alkanes of at least 4 members (excludes halogenated alkanes) is 6. The molecule has 0 N–H and O–H groups in total. The average Bonchev–Trinajstić information content (AvgIpc) is 2.98. The van der Waals surface area contributed by atoms with E-state index in [0.717, 1.165) is 36.3 Å². The Kier molecular flexibility index (Phi) is 12.8. The Morgan fingerprint density at radius 2 is 1.30 bits per heavy atom. The van der Waals surface area contributed by atoms with Crippen molar-refractivity contribution in [2.45, 2.75) is 64.9 Å². The monoisotopic (exact) mass is 544 g/mol. The fourth-order valence-corrected chi connectivity index (χ4v) is 4.09. The van der Waals surface area contributed by atoms with E-state index in [0.29, 0.717) is 23.7 Å². The lowest BCUT2D eigenvalue weighted by Crippen LogP contribution is -2.26. The van der Waals surface area contributed by atoms with Gasteiger partial charge in [0.05, 0.1) is 18.8 Å². The Labute approximate surface area is 237 Å². The van der Waals surface area contributed by atoms with Gasteiger partial charge in [0.15, 0.2) is 6.10 Å². The maximum atomic E-state index is 12.6. The molecule has 0 unspecified atom stereocenters. The summed E-state index contributed by atoms with van der Waals surface area (Å²) in [6.07, 6.45) is 9.68. The first-order chi connectivity index (χ1) is 19.5. The minimum atomic E-state index is -0.729. The number of benzene rings is 3. The van der Waals surface area contributed by atoms with E-state index in [2.05, 4.69) is 6.58 Å². The largest absolute Gasteiger partial charge is 0.494 e. The molecule has 0 aliphatic rings. The Hall–Kier alpha value is -4.06. The molecule has 0 heterocycles. The molecular weight excluding hydrogens is 504 g/mol. The van der Waals surface area contributed by atoms with Crippen molar-refractivity contribution in [1.82, 2.24) is 0 Å². The maximum Gasteiger partial charge on any atom is 0.347 e. The Balaban J connectivity index is 1.43. The lowest BCUT2D eigenvalue weighted by atomic mass is 10.0. The van der Waals surface area contributed by atoms with Crippen molar-refractivity contribution in [1.29, 1.82) is 0 Å². The molecule has 0 aromatic heterocycles. The van der Waals surface area contributed by atoms with Crippen LogP contribution in [0.5, 0.6) is 17.2 Å². The van der Waals surface area contributed by atoms with Gasteiger partial charge in [-0.3, -0.25) is 0 Å². The molecular formula is C34H40O6. The van der Waals surface area contributed by atoms with E-state index in [1.165, 1.54) is 32.1 Å². The second-order valence-corrected chi connectivity index (χ2v) is 9.52. The Morgan fingerprint density at radius 3 is 1.93 bits per heavy atom. The van der Waals surface area contributed by atoms with Crippen molar-refractivity contribution in [2.75, 3.05) is 13.2 Å². The second-order valence-electron chi connectivity index (χ2n) is 9.52. The molecule has 3 rings (SSSR count). The van der Waals surface area contributed by atoms with Crippen LogP contribution in [0.1, 0.15) is 69.2 Å². The highest BCUT2D eigenvalue weighted by atomic mass is 16.6. The summed E-state index contributed by atoms with van der Waals surface area (Å²) in [6.45, 7) is 8.14. The summed E-state index contributed by atoms with van der Waals surface area (Å²) < 4.78 is 21.9. The zero-order valence-electron chi connectivity index (χ0n) is 23.6. The molecule has 0 saturated carbocycles. The number of allylic oxidation sites excluding steroid dienone is 1. The first kappa shape index (κ1) is 30.5. The quantitative estimate of drug-likeness (QED) is 0.0738. The van der Waals surface area contributed by atoms with E-state index in [9.17, 15) is 9.59 Å². The topological polar surface area (TPSA) is 71.1 Å². The number of carbonyl (C=O) groups excluding carboxylic acids is 2. The van der Waals surface area contributed by atoms with E-state index < -0.39 is 18.0 Å². The number of ether oxygens (including phenoxy) is 4.